The van der Waals surface area contributed by atoms with Crippen LogP contribution in [0.15, 0.2) is 30.5 Å². The second-order valence-corrected chi connectivity index (χ2v) is 3.84. The molecular weight excluding hydrogens is 218 g/mol. The van der Waals surface area contributed by atoms with E-state index in [2.05, 4.69) is 15.5 Å². The van der Waals surface area contributed by atoms with Gasteiger partial charge in [0.05, 0.1) is 0 Å². The summed E-state index contributed by atoms with van der Waals surface area (Å²) in [5.41, 5.74) is 2.18. The fourth-order valence-electron chi connectivity index (χ4n) is 1.84. The molecule has 2 N–H and O–H groups in total. The fraction of sp³-hybridized carbons (Fsp3) is 0.250. The maximum Gasteiger partial charge on any atom is 0.231 e. The van der Waals surface area contributed by atoms with Crippen molar-refractivity contribution in [3.8, 4) is 11.5 Å². The zero-order valence-electron chi connectivity index (χ0n) is 9.27. The summed E-state index contributed by atoms with van der Waals surface area (Å²) in [5, 5.41) is 10.1. The standard InChI is InChI=1S/C12H13N3O2/c1-2-9(12-11(3-1)16-8-17-12)6-13-7-10-4-5-14-15-10/h1-5,13H,6-8H2,(H,14,15). The molecule has 0 amide bonds. The lowest BCUT2D eigenvalue weighted by molar-refractivity contribution is 0.173. The third-order valence-corrected chi connectivity index (χ3v) is 2.67. The van der Waals surface area contributed by atoms with Crippen LogP contribution >= 0.6 is 0 Å². The van der Waals surface area contributed by atoms with Gasteiger partial charge in [-0.2, -0.15) is 5.10 Å². The Morgan fingerprint density at radius 1 is 1.24 bits per heavy atom. The van der Waals surface area contributed by atoms with E-state index >= 15 is 0 Å². The molecule has 0 fully saturated rings. The zero-order valence-corrected chi connectivity index (χ0v) is 9.27. The van der Waals surface area contributed by atoms with E-state index in [0.29, 0.717) is 6.79 Å². The highest BCUT2D eigenvalue weighted by molar-refractivity contribution is 5.48. The number of ether oxygens (including phenoxy) is 2. The van der Waals surface area contributed by atoms with E-state index in [-0.39, 0.29) is 0 Å². The SMILES string of the molecule is c1cc(CNCc2ccn[nH]2)c2c(c1)OCO2. The Labute approximate surface area is 98.8 Å². The monoisotopic (exact) mass is 231 g/mol. The highest BCUT2D eigenvalue weighted by Crippen LogP contribution is 2.35. The van der Waals surface area contributed by atoms with Gasteiger partial charge in [-0.05, 0) is 12.1 Å². The largest absolute Gasteiger partial charge is 0.454 e. The second-order valence-electron chi connectivity index (χ2n) is 3.84. The molecule has 88 valence electrons. The fourth-order valence-corrected chi connectivity index (χ4v) is 1.84. The van der Waals surface area contributed by atoms with Gasteiger partial charge in [-0.1, -0.05) is 12.1 Å². The Kier molecular flexibility index (Phi) is 2.67. The van der Waals surface area contributed by atoms with Gasteiger partial charge in [0.2, 0.25) is 6.79 Å². The van der Waals surface area contributed by atoms with Gasteiger partial charge in [0.1, 0.15) is 0 Å². The molecule has 2 heterocycles. The second kappa shape index (κ2) is 4.47. The quantitative estimate of drug-likeness (QED) is 0.835. The van der Waals surface area contributed by atoms with Gasteiger partial charge in [0.15, 0.2) is 11.5 Å². The van der Waals surface area contributed by atoms with E-state index in [0.717, 1.165) is 35.8 Å². The highest BCUT2D eigenvalue weighted by Gasteiger charge is 2.16. The van der Waals surface area contributed by atoms with Crippen LogP contribution in [-0.4, -0.2) is 17.0 Å². The van der Waals surface area contributed by atoms with Crippen LogP contribution in [-0.2, 0) is 13.1 Å². The predicted molar refractivity (Wildman–Crippen MR) is 61.7 cm³/mol. The molecule has 5 heteroatoms. The lowest BCUT2D eigenvalue weighted by Crippen LogP contribution is -2.13. The van der Waals surface area contributed by atoms with Crippen LogP contribution in [0.25, 0.3) is 0 Å². The first kappa shape index (κ1) is 10.2. The molecule has 3 rings (SSSR count). The van der Waals surface area contributed by atoms with E-state index < -0.39 is 0 Å². The molecule has 0 saturated carbocycles. The van der Waals surface area contributed by atoms with Crippen molar-refractivity contribution in [3.05, 3.63) is 41.7 Å². The maximum absolute atomic E-state index is 5.43. The number of benzene rings is 1. The Morgan fingerprint density at radius 2 is 2.24 bits per heavy atom. The molecule has 1 aromatic heterocycles. The molecule has 0 aliphatic carbocycles. The van der Waals surface area contributed by atoms with E-state index in [1.165, 1.54) is 0 Å². The van der Waals surface area contributed by atoms with Crippen molar-refractivity contribution in [3.63, 3.8) is 0 Å². The normalized spacial score (nSPS) is 12.9. The molecule has 17 heavy (non-hydrogen) atoms. The Bertz CT molecular complexity index is 496. The topological polar surface area (TPSA) is 59.2 Å². The summed E-state index contributed by atoms with van der Waals surface area (Å²) < 4.78 is 10.8. The summed E-state index contributed by atoms with van der Waals surface area (Å²) >= 11 is 0. The molecule has 0 saturated heterocycles. The number of fused-ring (bicyclic) bond motifs is 1. The van der Waals surface area contributed by atoms with Crippen LogP contribution in [0, 0.1) is 0 Å². The van der Waals surface area contributed by atoms with Gasteiger partial charge in [-0.25, -0.2) is 0 Å². The minimum absolute atomic E-state index is 0.312. The van der Waals surface area contributed by atoms with Gasteiger partial charge >= 0.3 is 0 Å². The zero-order chi connectivity index (χ0) is 11.5. The average Bonchev–Trinajstić information content (AvgIpc) is 2.99. The first-order chi connectivity index (χ1) is 8.43. The molecule has 1 aliphatic heterocycles. The first-order valence-corrected chi connectivity index (χ1v) is 5.50. The van der Waals surface area contributed by atoms with Crippen molar-refractivity contribution >= 4 is 0 Å². The van der Waals surface area contributed by atoms with E-state index in [9.17, 15) is 0 Å². The van der Waals surface area contributed by atoms with Gasteiger partial charge in [0.25, 0.3) is 0 Å². The molecule has 1 aromatic carbocycles. The first-order valence-electron chi connectivity index (χ1n) is 5.50. The third-order valence-electron chi connectivity index (χ3n) is 2.67. The molecule has 0 bridgehead atoms. The van der Waals surface area contributed by atoms with Gasteiger partial charge in [-0.3, -0.25) is 5.10 Å². The summed E-state index contributed by atoms with van der Waals surface area (Å²) in [6.07, 6.45) is 1.74. The number of nitrogens with one attached hydrogen (secondary N) is 2. The number of hydrogen-bond donors (Lipinski definition) is 2. The Hall–Kier alpha value is -2.01. The molecule has 0 unspecified atom stereocenters. The van der Waals surface area contributed by atoms with Gasteiger partial charge in [0, 0.05) is 30.5 Å². The van der Waals surface area contributed by atoms with Crippen LogP contribution in [0.5, 0.6) is 11.5 Å². The van der Waals surface area contributed by atoms with Crippen molar-refractivity contribution in [2.45, 2.75) is 13.1 Å². The summed E-state index contributed by atoms with van der Waals surface area (Å²) in [6.45, 7) is 1.81. The minimum Gasteiger partial charge on any atom is -0.454 e. The summed E-state index contributed by atoms with van der Waals surface area (Å²) in [6, 6.07) is 7.87. The molecule has 5 nitrogen and oxygen atoms in total. The molecular formula is C12H13N3O2. The van der Waals surface area contributed by atoms with Crippen LogP contribution in [0.3, 0.4) is 0 Å². The number of hydrogen-bond acceptors (Lipinski definition) is 4. The van der Waals surface area contributed by atoms with Crippen LogP contribution in [0.2, 0.25) is 0 Å². The highest BCUT2D eigenvalue weighted by atomic mass is 16.7. The number of rotatable bonds is 4. The molecule has 2 aromatic rings. The van der Waals surface area contributed by atoms with Crippen molar-refractivity contribution < 1.29 is 9.47 Å². The maximum atomic E-state index is 5.43. The molecule has 0 radical (unpaired) electrons. The number of para-hydroxylation sites is 1. The number of H-pyrrole nitrogens is 1. The summed E-state index contributed by atoms with van der Waals surface area (Å²) in [7, 11) is 0. The van der Waals surface area contributed by atoms with Gasteiger partial charge in [-0.15, -0.1) is 0 Å². The van der Waals surface area contributed by atoms with Crippen LogP contribution in [0.1, 0.15) is 11.3 Å². The van der Waals surface area contributed by atoms with E-state index in [1.54, 1.807) is 6.20 Å². The van der Waals surface area contributed by atoms with Crippen LogP contribution in [0.4, 0.5) is 0 Å². The molecule has 1 aliphatic rings. The minimum atomic E-state index is 0.312. The van der Waals surface area contributed by atoms with Crippen molar-refractivity contribution in [2.75, 3.05) is 6.79 Å². The Balaban J connectivity index is 1.64. The average molecular weight is 231 g/mol. The van der Waals surface area contributed by atoms with Gasteiger partial charge < -0.3 is 14.8 Å². The third kappa shape index (κ3) is 2.09. The van der Waals surface area contributed by atoms with E-state index in [1.807, 2.05) is 24.3 Å². The van der Waals surface area contributed by atoms with Crippen LogP contribution < -0.4 is 14.8 Å². The summed E-state index contributed by atoms with van der Waals surface area (Å²) in [4.78, 5) is 0. The molecule has 0 spiro atoms. The predicted octanol–water partition coefficient (Wildman–Crippen LogP) is 1.43. The van der Waals surface area contributed by atoms with Crippen molar-refractivity contribution in [2.24, 2.45) is 0 Å². The smallest absolute Gasteiger partial charge is 0.231 e. The lowest BCUT2D eigenvalue weighted by Gasteiger charge is -2.06. The lowest BCUT2D eigenvalue weighted by atomic mass is 10.2. The van der Waals surface area contributed by atoms with Crippen molar-refractivity contribution in [1.82, 2.24) is 15.5 Å². The number of nitrogens with zero attached hydrogens (tertiary/aromatic N) is 1. The summed E-state index contributed by atoms with van der Waals surface area (Å²) in [5.74, 6) is 1.68. The van der Waals surface area contributed by atoms with E-state index in [4.69, 9.17) is 9.47 Å². The molecule has 0 atom stereocenters. The number of aromatic nitrogens is 2. The Morgan fingerprint density at radius 3 is 3.12 bits per heavy atom. The number of aromatic amines is 1. The van der Waals surface area contributed by atoms with Crippen molar-refractivity contribution in [1.29, 1.82) is 0 Å².